The standard InChI is InChI=1S/C16H21N3OS/c1-12(2)15-17-18-16(19(15)13-8-9-13)21-11-10-20-14-6-4-3-5-7-14/h3-7,12-13H,8-11H2,1-2H3. The molecule has 5 heteroatoms. The molecule has 21 heavy (non-hydrogen) atoms. The van der Waals surface area contributed by atoms with Gasteiger partial charge in [-0.15, -0.1) is 10.2 Å². The van der Waals surface area contributed by atoms with Gasteiger partial charge in [0.2, 0.25) is 0 Å². The van der Waals surface area contributed by atoms with Crippen molar-refractivity contribution in [3.05, 3.63) is 36.2 Å². The van der Waals surface area contributed by atoms with Gasteiger partial charge in [-0.05, 0) is 25.0 Å². The maximum Gasteiger partial charge on any atom is 0.191 e. The fraction of sp³-hybridized carbons (Fsp3) is 0.500. The Morgan fingerprint density at radius 3 is 2.67 bits per heavy atom. The zero-order valence-electron chi connectivity index (χ0n) is 12.5. The van der Waals surface area contributed by atoms with Gasteiger partial charge < -0.3 is 9.30 Å². The molecule has 1 heterocycles. The predicted octanol–water partition coefficient (Wildman–Crippen LogP) is 3.91. The number of nitrogens with zero attached hydrogens (tertiary/aromatic N) is 3. The SMILES string of the molecule is CC(C)c1nnc(SCCOc2ccccc2)n1C1CC1. The first-order valence-corrected chi connectivity index (χ1v) is 8.49. The Bertz CT molecular complexity index is 578. The van der Waals surface area contributed by atoms with E-state index in [1.807, 2.05) is 30.3 Å². The molecule has 112 valence electrons. The Morgan fingerprint density at radius 2 is 2.00 bits per heavy atom. The van der Waals surface area contributed by atoms with Gasteiger partial charge in [-0.25, -0.2) is 0 Å². The minimum absolute atomic E-state index is 0.424. The third kappa shape index (κ3) is 3.59. The molecule has 0 amide bonds. The van der Waals surface area contributed by atoms with Crippen molar-refractivity contribution in [1.82, 2.24) is 14.8 Å². The van der Waals surface area contributed by atoms with Crippen molar-refractivity contribution in [2.24, 2.45) is 0 Å². The van der Waals surface area contributed by atoms with E-state index >= 15 is 0 Å². The Labute approximate surface area is 129 Å². The molecule has 0 unspecified atom stereocenters. The summed E-state index contributed by atoms with van der Waals surface area (Å²) in [6, 6.07) is 10.5. The molecule has 0 aliphatic heterocycles. The lowest BCUT2D eigenvalue weighted by atomic mass is 10.2. The van der Waals surface area contributed by atoms with Crippen LogP contribution in [-0.2, 0) is 0 Å². The molecule has 1 fully saturated rings. The van der Waals surface area contributed by atoms with E-state index in [4.69, 9.17) is 4.74 Å². The van der Waals surface area contributed by atoms with Crippen molar-refractivity contribution in [2.45, 2.75) is 43.8 Å². The summed E-state index contributed by atoms with van der Waals surface area (Å²) >= 11 is 1.74. The van der Waals surface area contributed by atoms with E-state index in [9.17, 15) is 0 Å². The fourth-order valence-electron chi connectivity index (χ4n) is 2.27. The minimum Gasteiger partial charge on any atom is -0.493 e. The van der Waals surface area contributed by atoms with Gasteiger partial charge in [-0.2, -0.15) is 0 Å². The molecule has 4 nitrogen and oxygen atoms in total. The Hall–Kier alpha value is -1.49. The summed E-state index contributed by atoms with van der Waals surface area (Å²) in [4.78, 5) is 0. The molecule has 0 bridgehead atoms. The lowest BCUT2D eigenvalue weighted by molar-refractivity contribution is 0.344. The van der Waals surface area contributed by atoms with Gasteiger partial charge in [0.25, 0.3) is 0 Å². The lowest BCUT2D eigenvalue weighted by Gasteiger charge is -2.10. The molecule has 0 atom stereocenters. The van der Waals surface area contributed by atoms with Crippen LogP contribution in [0.3, 0.4) is 0 Å². The lowest BCUT2D eigenvalue weighted by Crippen LogP contribution is -2.06. The molecule has 1 aromatic heterocycles. The molecule has 1 saturated carbocycles. The highest BCUT2D eigenvalue weighted by atomic mass is 32.2. The molecule has 0 saturated heterocycles. The third-order valence-electron chi connectivity index (χ3n) is 3.45. The van der Waals surface area contributed by atoms with Gasteiger partial charge in [-0.1, -0.05) is 43.8 Å². The molecule has 2 aromatic rings. The Balaban J connectivity index is 1.56. The topological polar surface area (TPSA) is 39.9 Å². The zero-order chi connectivity index (χ0) is 14.7. The van der Waals surface area contributed by atoms with Crippen LogP contribution >= 0.6 is 11.8 Å². The van der Waals surface area contributed by atoms with Crippen LogP contribution in [0.2, 0.25) is 0 Å². The molecule has 1 aliphatic rings. The molecule has 3 rings (SSSR count). The number of para-hydroxylation sites is 1. The quantitative estimate of drug-likeness (QED) is 0.574. The maximum atomic E-state index is 5.72. The van der Waals surface area contributed by atoms with Crippen LogP contribution in [0.4, 0.5) is 0 Å². The molecular weight excluding hydrogens is 282 g/mol. The van der Waals surface area contributed by atoms with Crippen LogP contribution < -0.4 is 4.74 Å². The Morgan fingerprint density at radius 1 is 1.24 bits per heavy atom. The number of hydrogen-bond acceptors (Lipinski definition) is 4. The molecular formula is C16H21N3OS. The smallest absolute Gasteiger partial charge is 0.191 e. The van der Waals surface area contributed by atoms with E-state index in [-0.39, 0.29) is 0 Å². The minimum atomic E-state index is 0.424. The molecule has 1 aliphatic carbocycles. The summed E-state index contributed by atoms with van der Waals surface area (Å²) in [6.07, 6.45) is 2.51. The van der Waals surface area contributed by atoms with Crippen molar-refractivity contribution in [1.29, 1.82) is 0 Å². The van der Waals surface area contributed by atoms with E-state index in [1.165, 1.54) is 12.8 Å². The highest BCUT2D eigenvalue weighted by Gasteiger charge is 2.30. The molecule has 0 radical (unpaired) electrons. The van der Waals surface area contributed by atoms with Gasteiger partial charge >= 0.3 is 0 Å². The summed E-state index contributed by atoms with van der Waals surface area (Å²) in [5, 5.41) is 9.77. The van der Waals surface area contributed by atoms with Crippen LogP contribution in [0.15, 0.2) is 35.5 Å². The van der Waals surface area contributed by atoms with Crippen LogP contribution in [0, 0.1) is 0 Å². The van der Waals surface area contributed by atoms with Crippen molar-refractivity contribution in [3.8, 4) is 5.75 Å². The average molecular weight is 303 g/mol. The summed E-state index contributed by atoms with van der Waals surface area (Å²) < 4.78 is 8.05. The number of benzene rings is 1. The summed E-state index contributed by atoms with van der Waals surface area (Å²) in [5.41, 5.74) is 0. The first-order chi connectivity index (χ1) is 10.3. The van der Waals surface area contributed by atoms with Gasteiger partial charge in [0, 0.05) is 17.7 Å². The first-order valence-electron chi connectivity index (χ1n) is 7.51. The molecule has 1 aromatic carbocycles. The zero-order valence-corrected chi connectivity index (χ0v) is 13.3. The van der Waals surface area contributed by atoms with E-state index in [1.54, 1.807) is 11.8 Å². The van der Waals surface area contributed by atoms with Gasteiger partial charge in [-0.3, -0.25) is 0 Å². The number of thioether (sulfide) groups is 1. The van der Waals surface area contributed by atoms with Crippen molar-refractivity contribution in [2.75, 3.05) is 12.4 Å². The number of rotatable bonds is 7. The van der Waals surface area contributed by atoms with E-state index in [0.29, 0.717) is 18.6 Å². The number of ether oxygens (including phenoxy) is 1. The molecule has 0 spiro atoms. The van der Waals surface area contributed by atoms with E-state index in [2.05, 4.69) is 28.6 Å². The number of aromatic nitrogens is 3. The summed E-state index contributed by atoms with van der Waals surface area (Å²) in [7, 11) is 0. The normalized spacial score (nSPS) is 14.6. The van der Waals surface area contributed by atoms with E-state index in [0.717, 1.165) is 22.5 Å². The van der Waals surface area contributed by atoms with Crippen LogP contribution in [0.25, 0.3) is 0 Å². The highest BCUT2D eigenvalue weighted by Crippen LogP contribution is 2.40. The Kier molecular flexibility index (Phi) is 4.48. The van der Waals surface area contributed by atoms with Gasteiger partial charge in [0.05, 0.1) is 6.61 Å². The number of hydrogen-bond donors (Lipinski definition) is 0. The maximum absolute atomic E-state index is 5.72. The first kappa shape index (κ1) is 14.4. The van der Waals surface area contributed by atoms with Crippen molar-refractivity contribution < 1.29 is 4.74 Å². The average Bonchev–Trinajstić information content (AvgIpc) is 3.24. The van der Waals surface area contributed by atoms with Crippen molar-refractivity contribution in [3.63, 3.8) is 0 Å². The predicted molar refractivity (Wildman–Crippen MR) is 85.0 cm³/mol. The largest absolute Gasteiger partial charge is 0.493 e. The van der Waals surface area contributed by atoms with Gasteiger partial charge in [0.15, 0.2) is 5.16 Å². The van der Waals surface area contributed by atoms with Crippen LogP contribution in [0.5, 0.6) is 5.75 Å². The van der Waals surface area contributed by atoms with E-state index < -0.39 is 0 Å². The monoisotopic (exact) mass is 303 g/mol. The summed E-state index contributed by atoms with van der Waals surface area (Å²) in [6.45, 7) is 5.04. The second-order valence-electron chi connectivity index (χ2n) is 5.61. The second kappa shape index (κ2) is 6.52. The van der Waals surface area contributed by atoms with Crippen LogP contribution in [0.1, 0.15) is 44.5 Å². The van der Waals surface area contributed by atoms with Crippen LogP contribution in [-0.4, -0.2) is 27.1 Å². The van der Waals surface area contributed by atoms with Crippen molar-refractivity contribution >= 4 is 11.8 Å². The fourth-order valence-corrected chi connectivity index (χ4v) is 3.10. The second-order valence-corrected chi connectivity index (χ2v) is 6.67. The summed E-state index contributed by atoms with van der Waals surface area (Å²) in [5.74, 6) is 3.35. The van der Waals surface area contributed by atoms with Gasteiger partial charge in [0.1, 0.15) is 11.6 Å². The third-order valence-corrected chi connectivity index (χ3v) is 4.35. The highest BCUT2D eigenvalue weighted by molar-refractivity contribution is 7.99. The molecule has 0 N–H and O–H groups in total.